The Labute approximate surface area is 194 Å². The van der Waals surface area contributed by atoms with Gasteiger partial charge in [-0.2, -0.15) is 0 Å². The summed E-state index contributed by atoms with van der Waals surface area (Å²) in [6.45, 7) is 0. The number of carboxylic acids is 1. The minimum Gasteiger partial charge on any atom is -0.736 e. The Morgan fingerprint density at radius 3 is 1.65 bits per heavy atom. The van der Waals surface area contributed by atoms with Crippen molar-refractivity contribution in [1.82, 2.24) is 0 Å². The molecule has 1 aliphatic heterocycles. The van der Waals surface area contributed by atoms with Gasteiger partial charge in [-0.1, -0.05) is 60.7 Å². The molecule has 7 nitrogen and oxygen atoms in total. The maximum absolute atomic E-state index is 12.3. The van der Waals surface area contributed by atoms with Gasteiger partial charge in [0.25, 0.3) is 0 Å². The molecule has 2 heterocycles. The van der Waals surface area contributed by atoms with E-state index < -0.39 is 13.8 Å². The molecule has 0 aliphatic carbocycles. The summed E-state index contributed by atoms with van der Waals surface area (Å²) >= 11 is 0. The van der Waals surface area contributed by atoms with E-state index in [1.807, 2.05) is 60.7 Å². The molecule has 34 heavy (non-hydrogen) atoms. The Kier molecular flexibility index (Phi) is 5.49. The third-order valence-electron chi connectivity index (χ3n) is 5.42. The highest BCUT2D eigenvalue weighted by Crippen LogP contribution is 2.55. The lowest BCUT2D eigenvalue weighted by molar-refractivity contribution is -0.378. The summed E-state index contributed by atoms with van der Waals surface area (Å²) in [6, 6.07) is 25.7. The summed E-state index contributed by atoms with van der Waals surface area (Å²) in [5, 5.41) is 12.2. The van der Waals surface area contributed by atoms with Crippen LogP contribution in [0.5, 0.6) is 11.5 Å². The zero-order chi connectivity index (χ0) is 23.7. The van der Waals surface area contributed by atoms with Gasteiger partial charge in [0.2, 0.25) is 0 Å². The van der Waals surface area contributed by atoms with E-state index in [1.54, 1.807) is 24.5 Å². The number of nitrogens with one attached hydrogen (secondary N) is 1. The van der Waals surface area contributed by atoms with E-state index in [1.165, 1.54) is 12.1 Å². The third-order valence-corrected chi connectivity index (χ3v) is 6.26. The Balaban J connectivity index is 0.000000227. The molecule has 1 aliphatic rings. The van der Waals surface area contributed by atoms with Crippen LogP contribution in [0.15, 0.2) is 97.3 Å². The number of H-pyrrole nitrogens is 1. The molecule has 8 heteroatoms. The maximum atomic E-state index is 12.3. The van der Waals surface area contributed by atoms with E-state index in [-0.39, 0.29) is 11.5 Å². The predicted octanol–water partition coefficient (Wildman–Crippen LogP) is 5.10. The second-order valence-electron chi connectivity index (χ2n) is 7.54. The molecule has 0 amide bonds. The van der Waals surface area contributed by atoms with Crippen molar-refractivity contribution in [2.75, 3.05) is 0 Å². The van der Waals surface area contributed by atoms with Crippen LogP contribution in [0.1, 0.15) is 10.4 Å². The van der Waals surface area contributed by atoms with Crippen molar-refractivity contribution in [2.24, 2.45) is 0 Å². The summed E-state index contributed by atoms with van der Waals surface area (Å²) in [7, 11) is -4.50. The van der Waals surface area contributed by atoms with Gasteiger partial charge in [-0.3, -0.25) is 0 Å². The third kappa shape index (κ3) is 4.10. The van der Waals surface area contributed by atoms with Gasteiger partial charge in [0.05, 0.1) is 5.56 Å². The number of aromatic amines is 1. The number of carbonyl (C=O) groups is 1. The zero-order valence-electron chi connectivity index (χ0n) is 17.7. The fourth-order valence-electron chi connectivity index (χ4n) is 3.96. The molecule has 0 unspecified atom stereocenters. The quantitative estimate of drug-likeness (QED) is 0.341. The molecule has 0 saturated carbocycles. The summed E-state index contributed by atoms with van der Waals surface area (Å²) in [6.07, 6.45) is 3.15. The van der Waals surface area contributed by atoms with Gasteiger partial charge in [-0.25, -0.2) is 14.3 Å². The van der Waals surface area contributed by atoms with Crippen LogP contribution in [-0.2, 0) is 4.57 Å². The topological polar surface area (TPSA) is 110 Å². The number of hydrogen-bond donors (Lipinski definition) is 1. The highest BCUT2D eigenvalue weighted by molar-refractivity contribution is 7.46. The number of hydrogen-bond acceptors (Lipinski definition) is 5. The lowest BCUT2D eigenvalue weighted by Gasteiger charge is -2.21. The van der Waals surface area contributed by atoms with E-state index >= 15 is 0 Å². The van der Waals surface area contributed by atoms with Gasteiger partial charge >= 0.3 is 13.8 Å². The van der Waals surface area contributed by atoms with Crippen molar-refractivity contribution in [1.29, 1.82) is 0 Å². The van der Waals surface area contributed by atoms with Crippen LogP contribution >= 0.6 is 7.82 Å². The Bertz CT molecular complexity index is 1490. The van der Waals surface area contributed by atoms with Crippen LogP contribution in [0.2, 0.25) is 0 Å². The fourth-order valence-corrected chi connectivity index (χ4v) is 4.78. The second-order valence-corrected chi connectivity index (χ2v) is 8.80. The van der Waals surface area contributed by atoms with Crippen LogP contribution < -0.4 is 18.9 Å². The molecule has 0 spiro atoms. The minimum absolute atomic E-state index is 0.284. The molecular formula is C26H18NO6P. The van der Waals surface area contributed by atoms with Crippen LogP contribution in [-0.4, -0.2) is 11.1 Å². The fraction of sp³-hybridized carbons (Fsp3) is 0. The highest BCUT2D eigenvalue weighted by Gasteiger charge is 2.27. The van der Waals surface area contributed by atoms with Gasteiger partial charge in [-0.15, -0.1) is 0 Å². The Morgan fingerprint density at radius 1 is 0.735 bits per heavy atom. The molecule has 0 radical (unpaired) electrons. The van der Waals surface area contributed by atoms with Crippen LogP contribution in [0, 0.1) is 0 Å². The highest BCUT2D eigenvalue weighted by atomic mass is 31.2. The van der Waals surface area contributed by atoms with E-state index in [4.69, 9.17) is 14.2 Å². The monoisotopic (exact) mass is 471 g/mol. The summed E-state index contributed by atoms with van der Waals surface area (Å²) in [5.41, 5.74) is 1.77. The van der Waals surface area contributed by atoms with Gasteiger partial charge in [0, 0.05) is 23.3 Å². The molecule has 0 fully saturated rings. The smallest absolute Gasteiger partial charge is 0.372 e. The van der Waals surface area contributed by atoms with E-state index in [0.717, 1.165) is 32.7 Å². The molecule has 0 bridgehead atoms. The number of phosphoric ester groups is 1. The van der Waals surface area contributed by atoms with Gasteiger partial charge in [0.15, 0.2) is 12.4 Å². The molecule has 1 aromatic heterocycles. The molecule has 168 valence electrons. The van der Waals surface area contributed by atoms with Gasteiger partial charge in [-0.05, 0) is 33.7 Å². The van der Waals surface area contributed by atoms with Gasteiger partial charge < -0.3 is 19.0 Å². The minimum atomic E-state index is -4.50. The number of pyridine rings is 1. The van der Waals surface area contributed by atoms with Crippen molar-refractivity contribution in [3.05, 3.63) is 103 Å². The molecule has 0 saturated heterocycles. The number of carboxylic acid groups (broad SMARTS) is 1. The van der Waals surface area contributed by atoms with E-state index in [2.05, 4.69) is 4.98 Å². The lowest BCUT2D eigenvalue weighted by Crippen LogP contribution is -2.11. The molecule has 0 atom stereocenters. The number of rotatable bonds is 1. The van der Waals surface area contributed by atoms with Crippen LogP contribution in [0.3, 0.4) is 0 Å². The first-order valence-corrected chi connectivity index (χ1v) is 11.8. The summed E-state index contributed by atoms with van der Waals surface area (Å²) in [4.78, 5) is 25.2. The average molecular weight is 471 g/mol. The predicted molar refractivity (Wildman–Crippen MR) is 126 cm³/mol. The van der Waals surface area contributed by atoms with Crippen molar-refractivity contribution < 1.29 is 33.4 Å². The van der Waals surface area contributed by atoms with E-state index in [9.17, 15) is 14.3 Å². The van der Waals surface area contributed by atoms with Crippen molar-refractivity contribution in [2.45, 2.75) is 0 Å². The standard InChI is InChI=1S/C20H13O4P.C6H5NO2/c21-25(22)23-17-11-9-13-5-1-3-7-15(13)19(17)20-16-8-4-2-6-14(16)10-12-18(20)24-25;8-6(9)5-1-3-7-4-2-5/h1-12H,(H,21,22);1-4H,(H,8,9). The van der Waals surface area contributed by atoms with Crippen molar-refractivity contribution in [3.8, 4) is 22.6 Å². The lowest BCUT2D eigenvalue weighted by atomic mass is 9.92. The summed E-state index contributed by atoms with van der Waals surface area (Å²) < 4.78 is 22.8. The first-order chi connectivity index (χ1) is 16.4. The Hall–Kier alpha value is -4.19. The van der Waals surface area contributed by atoms with Crippen molar-refractivity contribution >= 4 is 35.3 Å². The number of fused-ring (bicyclic) bond motifs is 7. The molecule has 6 rings (SSSR count). The van der Waals surface area contributed by atoms with Crippen molar-refractivity contribution in [3.63, 3.8) is 0 Å². The normalized spacial score (nSPS) is 13.3. The number of phosphoric acid groups is 1. The summed E-state index contributed by atoms with van der Waals surface area (Å²) in [5.74, 6) is -0.330. The second kappa shape index (κ2) is 8.63. The molecule has 4 aromatic carbocycles. The van der Waals surface area contributed by atoms with Crippen LogP contribution in [0.4, 0.5) is 0 Å². The number of aromatic carboxylic acids is 1. The molecule has 5 aromatic rings. The number of benzene rings is 4. The maximum Gasteiger partial charge on any atom is 0.372 e. The van der Waals surface area contributed by atoms with Gasteiger partial charge in [0.1, 0.15) is 11.5 Å². The molecular weight excluding hydrogens is 453 g/mol. The number of aromatic nitrogens is 1. The van der Waals surface area contributed by atoms with Crippen LogP contribution in [0.25, 0.3) is 32.7 Å². The first-order valence-electron chi connectivity index (χ1n) is 10.4. The first kappa shape index (κ1) is 21.6. The SMILES string of the molecule is O=C(O)c1cc[nH+]cc1.O=P1([O-])Oc2ccc3ccccc3c2-c2c(ccc3ccccc23)O1. The molecule has 2 N–H and O–H groups in total. The largest absolute Gasteiger partial charge is 0.736 e. The average Bonchev–Trinajstić information content (AvgIpc) is 2.97. The van der Waals surface area contributed by atoms with E-state index in [0.29, 0.717) is 5.56 Å². The zero-order valence-corrected chi connectivity index (χ0v) is 18.6. The Morgan fingerprint density at radius 2 is 1.21 bits per heavy atom.